The third kappa shape index (κ3) is 5.12. The van der Waals surface area contributed by atoms with Crippen molar-refractivity contribution in [1.29, 1.82) is 0 Å². The van der Waals surface area contributed by atoms with Crippen LogP contribution >= 0.6 is 31.9 Å². The van der Waals surface area contributed by atoms with E-state index in [9.17, 15) is 9.18 Å². The highest BCUT2D eigenvalue weighted by Gasteiger charge is 2.25. The van der Waals surface area contributed by atoms with Gasteiger partial charge in [0.25, 0.3) is 0 Å². The van der Waals surface area contributed by atoms with Crippen LogP contribution in [0.2, 0.25) is 0 Å². The van der Waals surface area contributed by atoms with Gasteiger partial charge in [-0.1, -0.05) is 44.0 Å². The Labute approximate surface area is 163 Å². The second kappa shape index (κ2) is 8.43. The van der Waals surface area contributed by atoms with Crippen molar-refractivity contribution in [3.63, 3.8) is 0 Å². The van der Waals surface area contributed by atoms with Crippen molar-refractivity contribution >= 4 is 43.5 Å². The van der Waals surface area contributed by atoms with Crippen LogP contribution in [0.25, 0.3) is 0 Å². The fourth-order valence-electron chi connectivity index (χ4n) is 3.07. The zero-order chi connectivity index (χ0) is 17.8. The number of anilines is 1. The zero-order valence-corrected chi connectivity index (χ0v) is 16.8. The maximum Gasteiger partial charge on any atom is 0.227 e. The summed E-state index contributed by atoms with van der Waals surface area (Å²) in [6.45, 7) is 2.62. The quantitative estimate of drug-likeness (QED) is 0.667. The van der Waals surface area contributed by atoms with E-state index in [2.05, 4.69) is 54.2 Å². The first-order valence-electron chi connectivity index (χ1n) is 8.24. The number of carbonyl (C=O) groups excluding carboxylic acids is 1. The minimum absolute atomic E-state index is 0.0678. The lowest BCUT2D eigenvalue weighted by Crippen LogP contribution is -2.37. The second-order valence-electron chi connectivity index (χ2n) is 6.29. The highest BCUT2D eigenvalue weighted by atomic mass is 79.9. The first kappa shape index (κ1) is 18.5. The molecule has 1 heterocycles. The van der Waals surface area contributed by atoms with Crippen molar-refractivity contribution < 1.29 is 9.18 Å². The molecular formula is C19H19Br2FN2O. The van der Waals surface area contributed by atoms with Gasteiger partial charge in [0.2, 0.25) is 5.91 Å². The maximum atomic E-state index is 13.9. The Kier molecular flexibility index (Phi) is 6.25. The van der Waals surface area contributed by atoms with Crippen LogP contribution in [0.15, 0.2) is 51.4 Å². The molecule has 1 N–H and O–H groups in total. The van der Waals surface area contributed by atoms with Crippen LogP contribution in [0.5, 0.6) is 0 Å². The summed E-state index contributed by atoms with van der Waals surface area (Å²) in [6, 6.07) is 12.9. The molecule has 0 bridgehead atoms. The number of nitrogens with one attached hydrogen (secondary N) is 1. The molecule has 1 amide bonds. The van der Waals surface area contributed by atoms with E-state index in [4.69, 9.17) is 0 Å². The van der Waals surface area contributed by atoms with E-state index in [0.29, 0.717) is 4.47 Å². The third-order valence-electron chi connectivity index (χ3n) is 4.44. The summed E-state index contributed by atoms with van der Waals surface area (Å²) in [5, 5.41) is 2.72. The SMILES string of the molecule is O=C(Nc1ccc(Br)cc1F)C1CCN(Cc2cccc(Br)c2)CC1. The van der Waals surface area contributed by atoms with E-state index in [-0.39, 0.29) is 17.5 Å². The van der Waals surface area contributed by atoms with E-state index >= 15 is 0 Å². The number of piperidine rings is 1. The molecule has 0 aromatic heterocycles. The van der Waals surface area contributed by atoms with Crippen molar-refractivity contribution in [2.24, 2.45) is 5.92 Å². The summed E-state index contributed by atoms with van der Waals surface area (Å²) in [5.41, 5.74) is 1.50. The normalized spacial score (nSPS) is 16.0. The predicted molar refractivity (Wildman–Crippen MR) is 105 cm³/mol. The minimum Gasteiger partial charge on any atom is -0.323 e. The zero-order valence-electron chi connectivity index (χ0n) is 13.6. The Morgan fingerprint density at radius 1 is 1.12 bits per heavy atom. The van der Waals surface area contributed by atoms with Crippen LogP contribution in [-0.2, 0) is 11.3 Å². The van der Waals surface area contributed by atoms with E-state index in [1.807, 2.05) is 12.1 Å². The van der Waals surface area contributed by atoms with Gasteiger partial charge in [-0.2, -0.15) is 0 Å². The van der Waals surface area contributed by atoms with E-state index < -0.39 is 5.82 Å². The Morgan fingerprint density at radius 2 is 1.84 bits per heavy atom. The number of hydrogen-bond donors (Lipinski definition) is 1. The monoisotopic (exact) mass is 468 g/mol. The molecule has 1 aliphatic heterocycles. The summed E-state index contributed by atoms with van der Waals surface area (Å²) in [6.07, 6.45) is 1.58. The molecule has 3 nitrogen and oxygen atoms in total. The lowest BCUT2D eigenvalue weighted by atomic mass is 9.95. The van der Waals surface area contributed by atoms with Gasteiger partial charge in [-0.15, -0.1) is 0 Å². The molecule has 0 atom stereocenters. The number of amides is 1. The highest BCUT2D eigenvalue weighted by Crippen LogP contribution is 2.24. The Morgan fingerprint density at radius 3 is 2.52 bits per heavy atom. The Balaban J connectivity index is 1.52. The molecule has 0 unspecified atom stereocenters. The smallest absolute Gasteiger partial charge is 0.227 e. The standard InChI is InChI=1S/C19H19Br2FN2O/c20-15-3-1-2-13(10-15)12-24-8-6-14(7-9-24)19(25)23-18-5-4-16(21)11-17(18)22/h1-5,10-11,14H,6-9,12H2,(H,23,25). The predicted octanol–water partition coefficient (Wildman–Crippen LogP) is 5.20. The molecule has 0 saturated carbocycles. The number of hydrogen-bond acceptors (Lipinski definition) is 2. The first-order chi connectivity index (χ1) is 12.0. The van der Waals surface area contributed by atoms with Crippen LogP contribution < -0.4 is 5.32 Å². The summed E-state index contributed by atoms with van der Waals surface area (Å²) in [4.78, 5) is 14.8. The van der Waals surface area contributed by atoms with Crippen molar-refractivity contribution in [2.45, 2.75) is 19.4 Å². The average molecular weight is 470 g/mol. The van der Waals surface area contributed by atoms with Gasteiger partial charge in [0.15, 0.2) is 0 Å². The van der Waals surface area contributed by atoms with Crippen LogP contribution in [0.4, 0.5) is 10.1 Å². The van der Waals surface area contributed by atoms with Crippen molar-refractivity contribution in [3.8, 4) is 0 Å². The number of nitrogens with zero attached hydrogens (tertiary/aromatic N) is 1. The molecule has 0 radical (unpaired) electrons. The first-order valence-corrected chi connectivity index (χ1v) is 9.82. The van der Waals surface area contributed by atoms with Gasteiger partial charge in [-0.3, -0.25) is 9.69 Å². The summed E-state index contributed by atoms with van der Waals surface area (Å²) < 4.78 is 15.6. The topological polar surface area (TPSA) is 32.3 Å². The molecule has 1 aliphatic rings. The maximum absolute atomic E-state index is 13.9. The van der Waals surface area contributed by atoms with Gasteiger partial charge in [0.1, 0.15) is 5.82 Å². The van der Waals surface area contributed by atoms with Gasteiger partial charge >= 0.3 is 0 Å². The molecule has 6 heteroatoms. The molecule has 1 fully saturated rings. The van der Waals surface area contributed by atoms with E-state index in [1.165, 1.54) is 11.6 Å². The van der Waals surface area contributed by atoms with Crippen LogP contribution in [0.1, 0.15) is 18.4 Å². The number of likely N-dealkylation sites (tertiary alicyclic amines) is 1. The summed E-state index contributed by atoms with van der Waals surface area (Å²) >= 11 is 6.71. The van der Waals surface area contributed by atoms with E-state index in [1.54, 1.807) is 12.1 Å². The fraction of sp³-hybridized carbons (Fsp3) is 0.316. The summed E-state index contributed by atoms with van der Waals surface area (Å²) in [5.74, 6) is -0.583. The number of benzene rings is 2. The van der Waals surface area contributed by atoms with E-state index in [0.717, 1.165) is 36.9 Å². The Bertz CT molecular complexity index is 761. The van der Waals surface area contributed by atoms with Gasteiger partial charge in [-0.05, 0) is 61.8 Å². The molecule has 3 rings (SSSR count). The fourth-order valence-corrected chi connectivity index (χ4v) is 3.85. The molecule has 0 aliphatic carbocycles. The molecule has 0 spiro atoms. The average Bonchev–Trinajstić information content (AvgIpc) is 2.58. The number of carbonyl (C=O) groups is 1. The largest absolute Gasteiger partial charge is 0.323 e. The lowest BCUT2D eigenvalue weighted by Gasteiger charge is -2.31. The number of halogens is 3. The summed E-state index contributed by atoms with van der Waals surface area (Å²) in [7, 11) is 0. The molecule has 132 valence electrons. The molecular weight excluding hydrogens is 451 g/mol. The van der Waals surface area contributed by atoms with Crippen LogP contribution in [0.3, 0.4) is 0 Å². The molecule has 25 heavy (non-hydrogen) atoms. The molecule has 1 saturated heterocycles. The van der Waals surface area contributed by atoms with Gasteiger partial charge in [0.05, 0.1) is 5.69 Å². The second-order valence-corrected chi connectivity index (χ2v) is 8.13. The van der Waals surface area contributed by atoms with Crippen molar-refractivity contribution in [1.82, 2.24) is 4.90 Å². The highest BCUT2D eigenvalue weighted by molar-refractivity contribution is 9.10. The van der Waals surface area contributed by atoms with Crippen molar-refractivity contribution in [2.75, 3.05) is 18.4 Å². The number of rotatable bonds is 4. The lowest BCUT2D eigenvalue weighted by molar-refractivity contribution is -0.121. The van der Waals surface area contributed by atoms with Gasteiger partial charge < -0.3 is 5.32 Å². The van der Waals surface area contributed by atoms with Crippen LogP contribution in [0, 0.1) is 11.7 Å². The molecule has 2 aromatic rings. The van der Waals surface area contributed by atoms with Gasteiger partial charge in [0, 0.05) is 21.4 Å². The molecule has 2 aromatic carbocycles. The minimum atomic E-state index is -0.421. The van der Waals surface area contributed by atoms with Crippen molar-refractivity contribution in [3.05, 3.63) is 62.8 Å². The van der Waals surface area contributed by atoms with Gasteiger partial charge in [-0.25, -0.2) is 4.39 Å². The van der Waals surface area contributed by atoms with Crippen LogP contribution in [-0.4, -0.2) is 23.9 Å². The third-order valence-corrected chi connectivity index (χ3v) is 5.43. The Hall–Kier alpha value is -1.24.